The van der Waals surface area contributed by atoms with Gasteiger partial charge in [-0.1, -0.05) is 25.0 Å². The van der Waals surface area contributed by atoms with Gasteiger partial charge in [-0.15, -0.1) is 5.46 Å². The molecule has 0 amide bonds. The van der Waals surface area contributed by atoms with Crippen LogP contribution in [0.2, 0.25) is 0 Å². The van der Waals surface area contributed by atoms with Gasteiger partial charge in [-0.2, -0.15) is 0 Å². The minimum Gasteiger partial charge on any atom is -0.493 e. The lowest BCUT2D eigenvalue weighted by Crippen LogP contribution is -2.34. The van der Waals surface area contributed by atoms with Crippen LogP contribution in [-0.4, -0.2) is 13.6 Å². The fraction of sp³-hybridized carbons (Fsp3) is 0.500. The van der Waals surface area contributed by atoms with Crippen molar-refractivity contribution in [1.29, 1.82) is 0 Å². The first-order valence-electron chi connectivity index (χ1n) is 5.90. The van der Waals surface area contributed by atoms with Crippen LogP contribution in [0.15, 0.2) is 18.2 Å². The summed E-state index contributed by atoms with van der Waals surface area (Å²) in [6.45, 7) is -2.66. The van der Waals surface area contributed by atoms with Crippen molar-refractivity contribution < 1.29 is 17.7 Å². The summed E-state index contributed by atoms with van der Waals surface area (Å²) in [5.41, 5.74) is -0.00506. The fourth-order valence-corrected chi connectivity index (χ4v) is 1.78. The van der Waals surface area contributed by atoms with Crippen LogP contribution in [0.4, 0.5) is 12.9 Å². The van der Waals surface area contributed by atoms with Crippen LogP contribution in [0.3, 0.4) is 0 Å². The molecule has 17 heavy (non-hydrogen) atoms. The Morgan fingerprint density at radius 2 is 2.00 bits per heavy atom. The van der Waals surface area contributed by atoms with Gasteiger partial charge in [-0.25, -0.2) is 0 Å². The van der Waals surface area contributed by atoms with E-state index >= 15 is 0 Å². The van der Waals surface area contributed by atoms with Crippen molar-refractivity contribution >= 4 is 12.4 Å². The zero-order valence-corrected chi connectivity index (χ0v) is 9.76. The number of benzene rings is 1. The molecule has 2 rings (SSSR count). The molecule has 1 saturated carbocycles. The molecule has 94 valence electrons. The van der Waals surface area contributed by atoms with Crippen molar-refractivity contribution in [2.45, 2.75) is 26.2 Å². The highest BCUT2D eigenvalue weighted by Gasteiger charge is 2.26. The third-order valence-corrected chi connectivity index (χ3v) is 3.06. The Bertz CT molecular complexity index is 399. The molecule has 5 heteroatoms. The first-order valence-corrected chi connectivity index (χ1v) is 5.90. The zero-order chi connectivity index (χ0) is 12.5. The van der Waals surface area contributed by atoms with Gasteiger partial charge in [-0.05, 0) is 30.9 Å². The highest BCUT2D eigenvalue weighted by atomic mass is 19.4. The van der Waals surface area contributed by atoms with Crippen molar-refractivity contribution in [1.82, 2.24) is 0 Å². The summed E-state index contributed by atoms with van der Waals surface area (Å²) in [7, 11) is 0. The predicted octanol–water partition coefficient (Wildman–Crippen LogP) is 3.23. The first kappa shape index (κ1) is 12.3. The van der Waals surface area contributed by atoms with E-state index in [1.165, 1.54) is 18.9 Å². The van der Waals surface area contributed by atoms with Gasteiger partial charge in [0, 0.05) is 0 Å². The number of ether oxygens (including phenoxy) is 1. The van der Waals surface area contributed by atoms with Crippen LogP contribution >= 0.6 is 0 Å². The molecule has 0 aliphatic heterocycles. The first-order chi connectivity index (χ1) is 7.97. The second kappa shape index (κ2) is 4.63. The molecular weight excluding hydrogens is 228 g/mol. The van der Waals surface area contributed by atoms with E-state index in [0.717, 1.165) is 24.5 Å². The summed E-state index contributed by atoms with van der Waals surface area (Å²) in [6, 6.07) is 3.68. The third-order valence-electron chi connectivity index (χ3n) is 3.06. The van der Waals surface area contributed by atoms with Crippen molar-refractivity contribution in [2.75, 3.05) is 6.61 Å². The summed E-state index contributed by atoms with van der Waals surface area (Å²) in [5, 5.41) is 0. The van der Waals surface area contributed by atoms with Crippen molar-refractivity contribution in [3.63, 3.8) is 0 Å². The van der Waals surface area contributed by atoms with Gasteiger partial charge < -0.3 is 17.7 Å². The number of rotatable bonds is 5. The normalized spacial score (nSPS) is 16.0. The van der Waals surface area contributed by atoms with Gasteiger partial charge in [0.05, 0.1) is 6.61 Å². The van der Waals surface area contributed by atoms with Gasteiger partial charge in [-0.3, -0.25) is 0 Å². The van der Waals surface area contributed by atoms with Crippen molar-refractivity contribution in [3.8, 4) is 5.75 Å². The molecular formula is C12H15BF3O-. The molecule has 0 saturated heterocycles. The average molecular weight is 243 g/mol. The molecule has 0 unspecified atom stereocenters. The van der Waals surface area contributed by atoms with Crippen LogP contribution in [0, 0.1) is 12.8 Å². The van der Waals surface area contributed by atoms with Gasteiger partial charge in [0.2, 0.25) is 0 Å². The fourth-order valence-electron chi connectivity index (χ4n) is 1.78. The summed E-state index contributed by atoms with van der Waals surface area (Å²) in [4.78, 5) is 0. The van der Waals surface area contributed by atoms with E-state index in [9.17, 15) is 12.9 Å². The zero-order valence-electron chi connectivity index (χ0n) is 9.76. The van der Waals surface area contributed by atoms with E-state index in [1.807, 2.05) is 0 Å². The summed E-state index contributed by atoms with van der Waals surface area (Å²) >= 11 is 0. The Morgan fingerprint density at radius 1 is 1.29 bits per heavy atom. The maximum Gasteiger partial charge on any atom is 0.509 e. The van der Waals surface area contributed by atoms with Crippen molar-refractivity contribution in [2.24, 2.45) is 5.92 Å². The Morgan fingerprint density at radius 3 is 2.53 bits per heavy atom. The highest BCUT2D eigenvalue weighted by Crippen LogP contribution is 2.32. The maximum atomic E-state index is 12.5. The van der Waals surface area contributed by atoms with E-state index in [0.29, 0.717) is 17.9 Å². The summed E-state index contributed by atoms with van der Waals surface area (Å²) in [5.74, 6) is 1.34. The Balaban J connectivity index is 1.97. The molecule has 0 N–H and O–H groups in total. The van der Waals surface area contributed by atoms with Gasteiger partial charge in [0.1, 0.15) is 5.75 Å². The molecule has 1 aliphatic rings. The largest absolute Gasteiger partial charge is 0.509 e. The number of halogens is 3. The minimum absolute atomic E-state index is 0.553. The second-order valence-electron chi connectivity index (χ2n) is 4.68. The summed E-state index contributed by atoms with van der Waals surface area (Å²) < 4.78 is 43.0. The standard InChI is InChI=1S/C12H15BF3O/c1-9-8-11(13(14,15)16)4-5-12(9)17-7-6-10-2-3-10/h4-5,8,10H,2-3,6-7H2,1H3/q-1. The van der Waals surface area contributed by atoms with Crippen LogP contribution < -0.4 is 10.2 Å². The van der Waals surface area contributed by atoms with Crippen LogP contribution in [0.1, 0.15) is 24.8 Å². The lowest BCUT2D eigenvalue weighted by molar-refractivity contribution is 0.300. The Kier molecular flexibility index (Phi) is 3.36. The molecule has 1 aromatic carbocycles. The average Bonchev–Trinajstić information content (AvgIpc) is 3.02. The molecule has 0 bridgehead atoms. The molecule has 0 atom stereocenters. The molecule has 1 aliphatic carbocycles. The van der Waals surface area contributed by atoms with Crippen molar-refractivity contribution in [3.05, 3.63) is 23.8 Å². The quantitative estimate of drug-likeness (QED) is 0.721. The molecule has 1 fully saturated rings. The monoisotopic (exact) mass is 243 g/mol. The molecule has 1 nitrogen and oxygen atoms in total. The van der Waals surface area contributed by atoms with E-state index in [2.05, 4.69) is 0 Å². The molecule has 0 heterocycles. The van der Waals surface area contributed by atoms with Crippen LogP contribution in [0.5, 0.6) is 5.75 Å². The molecule has 1 aromatic rings. The second-order valence-corrected chi connectivity index (χ2v) is 4.68. The summed E-state index contributed by atoms with van der Waals surface area (Å²) in [6.07, 6.45) is 3.53. The van der Waals surface area contributed by atoms with Crippen LogP contribution in [-0.2, 0) is 0 Å². The van der Waals surface area contributed by atoms with Gasteiger partial charge >= 0.3 is 6.98 Å². The van der Waals surface area contributed by atoms with E-state index < -0.39 is 12.4 Å². The smallest absolute Gasteiger partial charge is 0.493 e. The number of hydrogen-bond donors (Lipinski definition) is 0. The number of hydrogen-bond acceptors (Lipinski definition) is 1. The van der Waals surface area contributed by atoms with E-state index in [-0.39, 0.29) is 0 Å². The topological polar surface area (TPSA) is 9.23 Å². The third kappa shape index (κ3) is 3.41. The molecule has 0 radical (unpaired) electrons. The predicted molar refractivity (Wildman–Crippen MR) is 62.7 cm³/mol. The maximum absolute atomic E-state index is 12.5. The molecule has 0 spiro atoms. The van der Waals surface area contributed by atoms with E-state index in [4.69, 9.17) is 4.74 Å². The number of aryl methyl sites for hydroxylation is 1. The van der Waals surface area contributed by atoms with Crippen LogP contribution in [0.25, 0.3) is 0 Å². The highest BCUT2D eigenvalue weighted by molar-refractivity contribution is 6.73. The Labute approximate surface area is 99.0 Å². The van der Waals surface area contributed by atoms with Gasteiger partial charge in [0.25, 0.3) is 0 Å². The molecule has 0 aromatic heterocycles. The minimum atomic E-state index is -4.91. The SMILES string of the molecule is Cc1cc([B-](F)(F)F)ccc1OCCC1CC1. The Hall–Kier alpha value is -1.13. The lowest BCUT2D eigenvalue weighted by Gasteiger charge is -2.17. The van der Waals surface area contributed by atoms with E-state index in [1.54, 1.807) is 6.92 Å². The van der Waals surface area contributed by atoms with Gasteiger partial charge in [0.15, 0.2) is 0 Å². The lowest BCUT2D eigenvalue weighted by atomic mass is 9.79.